The molecule has 0 spiro atoms. The van der Waals surface area contributed by atoms with Crippen LogP contribution in [-0.2, 0) is 27.8 Å². The number of piperazine rings is 1. The van der Waals surface area contributed by atoms with E-state index in [1.54, 1.807) is 6.20 Å². The largest absolute Gasteiger partial charge is 0.355 e. The van der Waals surface area contributed by atoms with Gasteiger partial charge in [-0.05, 0) is 43.9 Å². The summed E-state index contributed by atoms with van der Waals surface area (Å²) in [6.07, 6.45) is 2.66. The van der Waals surface area contributed by atoms with Crippen molar-refractivity contribution in [1.82, 2.24) is 24.4 Å². The SMILES string of the molecule is Cc1nn(CC(C)C)c(C)c1CCC(=O)NCCS(=O)(=O)N1CCN(c2ccccn2)CC1. The third-order valence-corrected chi connectivity index (χ3v) is 7.83. The first-order valence-corrected chi connectivity index (χ1v) is 13.2. The summed E-state index contributed by atoms with van der Waals surface area (Å²) in [5, 5.41) is 7.36. The molecule has 1 fully saturated rings. The molecule has 0 atom stereocenters. The smallest absolute Gasteiger partial charge is 0.220 e. The molecule has 33 heavy (non-hydrogen) atoms. The number of anilines is 1. The summed E-state index contributed by atoms with van der Waals surface area (Å²) >= 11 is 0. The summed E-state index contributed by atoms with van der Waals surface area (Å²) in [7, 11) is -3.42. The van der Waals surface area contributed by atoms with Crippen molar-refractivity contribution >= 4 is 21.7 Å². The van der Waals surface area contributed by atoms with Crippen LogP contribution in [0.3, 0.4) is 0 Å². The summed E-state index contributed by atoms with van der Waals surface area (Å²) in [6.45, 7) is 11.3. The highest BCUT2D eigenvalue weighted by Gasteiger charge is 2.27. The Kier molecular flexibility index (Phi) is 8.47. The lowest BCUT2D eigenvalue weighted by Gasteiger charge is -2.34. The molecule has 2 aromatic heterocycles. The van der Waals surface area contributed by atoms with Gasteiger partial charge in [0.1, 0.15) is 5.82 Å². The van der Waals surface area contributed by atoms with Gasteiger partial charge in [0.15, 0.2) is 0 Å². The molecule has 1 aliphatic rings. The molecule has 3 heterocycles. The van der Waals surface area contributed by atoms with Gasteiger partial charge in [-0.3, -0.25) is 9.48 Å². The lowest BCUT2D eigenvalue weighted by Crippen LogP contribution is -2.50. The molecule has 9 nitrogen and oxygen atoms in total. The number of amides is 1. The van der Waals surface area contributed by atoms with E-state index in [2.05, 4.69) is 34.1 Å². The Morgan fingerprint density at radius 1 is 1.15 bits per heavy atom. The quantitative estimate of drug-likeness (QED) is 0.561. The first-order valence-electron chi connectivity index (χ1n) is 11.6. The van der Waals surface area contributed by atoms with E-state index in [9.17, 15) is 13.2 Å². The topological polar surface area (TPSA) is 100 Å². The van der Waals surface area contributed by atoms with E-state index in [4.69, 9.17) is 0 Å². The number of rotatable bonds is 10. The van der Waals surface area contributed by atoms with Crippen LogP contribution in [0.4, 0.5) is 5.82 Å². The summed E-state index contributed by atoms with van der Waals surface area (Å²) in [5.41, 5.74) is 3.15. The first kappa shape index (κ1) is 25.2. The minimum Gasteiger partial charge on any atom is -0.355 e. The first-order chi connectivity index (χ1) is 15.7. The van der Waals surface area contributed by atoms with Gasteiger partial charge in [-0.2, -0.15) is 9.40 Å². The van der Waals surface area contributed by atoms with E-state index in [-0.39, 0.29) is 18.2 Å². The summed E-state index contributed by atoms with van der Waals surface area (Å²) in [6, 6.07) is 5.72. The Bertz CT molecular complexity index is 1030. The number of nitrogens with one attached hydrogen (secondary N) is 1. The minimum atomic E-state index is -3.42. The average molecular weight is 477 g/mol. The molecule has 0 saturated carbocycles. The van der Waals surface area contributed by atoms with E-state index < -0.39 is 10.0 Å². The fraction of sp³-hybridized carbons (Fsp3) is 0.609. The molecule has 2 aromatic rings. The molecule has 3 rings (SSSR count). The zero-order valence-corrected chi connectivity index (χ0v) is 20.9. The number of sulfonamides is 1. The molecule has 182 valence electrons. The third-order valence-electron chi connectivity index (χ3n) is 5.96. The van der Waals surface area contributed by atoms with Crippen molar-refractivity contribution in [1.29, 1.82) is 0 Å². The van der Waals surface area contributed by atoms with Crippen LogP contribution >= 0.6 is 0 Å². The van der Waals surface area contributed by atoms with Gasteiger partial charge >= 0.3 is 0 Å². The van der Waals surface area contributed by atoms with Gasteiger partial charge in [-0.15, -0.1) is 0 Å². The monoisotopic (exact) mass is 476 g/mol. The third kappa shape index (κ3) is 6.77. The van der Waals surface area contributed by atoms with Gasteiger partial charge in [0.25, 0.3) is 0 Å². The van der Waals surface area contributed by atoms with E-state index in [1.165, 1.54) is 4.31 Å². The minimum absolute atomic E-state index is 0.0906. The van der Waals surface area contributed by atoms with Gasteiger partial charge in [0.2, 0.25) is 15.9 Å². The predicted octanol–water partition coefficient (Wildman–Crippen LogP) is 1.75. The Hall–Kier alpha value is -2.46. The van der Waals surface area contributed by atoms with Gasteiger partial charge in [-0.25, -0.2) is 13.4 Å². The second-order valence-electron chi connectivity index (χ2n) is 8.97. The van der Waals surface area contributed by atoms with Gasteiger partial charge in [0.05, 0.1) is 11.4 Å². The van der Waals surface area contributed by atoms with Crippen LogP contribution in [0.1, 0.15) is 37.2 Å². The fourth-order valence-electron chi connectivity index (χ4n) is 4.13. The molecule has 1 amide bonds. The summed E-state index contributed by atoms with van der Waals surface area (Å²) < 4.78 is 28.9. The van der Waals surface area contributed by atoms with Crippen LogP contribution in [0, 0.1) is 19.8 Å². The molecule has 1 N–H and O–H groups in total. The molecular formula is C23H36N6O3S. The van der Waals surface area contributed by atoms with Crippen LogP contribution in [0.15, 0.2) is 24.4 Å². The number of carbonyl (C=O) groups excluding carboxylic acids is 1. The Balaban J connectivity index is 1.42. The van der Waals surface area contributed by atoms with Crippen LogP contribution in [-0.4, -0.2) is 71.9 Å². The number of aromatic nitrogens is 3. The van der Waals surface area contributed by atoms with Crippen molar-refractivity contribution in [3.05, 3.63) is 41.3 Å². The average Bonchev–Trinajstić information content (AvgIpc) is 3.04. The lowest BCUT2D eigenvalue weighted by atomic mass is 10.1. The Morgan fingerprint density at radius 2 is 1.88 bits per heavy atom. The summed E-state index contributed by atoms with van der Waals surface area (Å²) in [5.74, 6) is 1.13. The number of nitrogens with zero attached hydrogens (tertiary/aromatic N) is 5. The normalized spacial score (nSPS) is 15.2. The number of aryl methyl sites for hydroxylation is 1. The van der Waals surface area contributed by atoms with E-state index in [1.807, 2.05) is 36.7 Å². The zero-order valence-electron chi connectivity index (χ0n) is 20.1. The second kappa shape index (κ2) is 11.1. The molecule has 10 heteroatoms. The molecular weight excluding hydrogens is 440 g/mol. The Morgan fingerprint density at radius 3 is 2.52 bits per heavy atom. The molecule has 0 unspecified atom stereocenters. The van der Waals surface area contributed by atoms with Crippen molar-refractivity contribution in [2.75, 3.05) is 43.4 Å². The Labute approximate surface area is 197 Å². The van der Waals surface area contributed by atoms with Crippen LogP contribution in [0.2, 0.25) is 0 Å². The molecule has 1 saturated heterocycles. The van der Waals surface area contributed by atoms with Crippen molar-refractivity contribution in [3.63, 3.8) is 0 Å². The zero-order chi connectivity index (χ0) is 24.0. The highest BCUT2D eigenvalue weighted by atomic mass is 32.2. The highest BCUT2D eigenvalue weighted by Crippen LogP contribution is 2.17. The van der Waals surface area contributed by atoms with Crippen molar-refractivity contribution in [2.45, 2.75) is 47.1 Å². The van der Waals surface area contributed by atoms with Crippen LogP contribution < -0.4 is 10.2 Å². The number of carbonyl (C=O) groups is 1. The van der Waals surface area contributed by atoms with E-state index >= 15 is 0 Å². The van der Waals surface area contributed by atoms with Crippen LogP contribution in [0.25, 0.3) is 0 Å². The maximum atomic E-state index is 12.7. The van der Waals surface area contributed by atoms with Crippen molar-refractivity contribution in [2.24, 2.45) is 5.92 Å². The highest BCUT2D eigenvalue weighted by molar-refractivity contribution is 7.89. The maximum absolute atomic E-state index is 12.7. The lowest BCUT2D eigenvalue weighted by molar-refractivity contribution is -0.120. The van der Waals surface area contributed by atoms with Crippen LogP contribution in [0.5, 0.6) is 0 Å². The molecule has 0 bridgehead atoms. The van der Waals surface area contributed by atoms with Gasteiger partial charge in [0, 0.05) is 57.6 Å². The number of hydrogen-bond donors (Lipinski definition) is 1. The van der Waals surface area contributed by atoms with E-state index in [0.29, 0.717) is 44.9 Å². The van der Waals surface area contributed by atoms with Gasteiger partial charge < -0.3 is 10.2 Å². The second-order valence-corrected chi connectivity index (χ2v) is 11.1. The number of hydrogen-bond acceptors (Lipinski definition) is 6. The standard InChI is InChI=1S/C23H36N6O3S/c1-18(2)17-29-20(4)21(19(3)26-29)8-9-23(30)25-11-16-33(31,32)28-14-12-27(13-15-28)22-7-5-6-10-24-22/h5-7,10,18H,8-9,11-17H2,1-4H3,(H,25,30). The van der Waals surface area contributed by atoms with Crippen molar-refractivity contribution < 1.29 is 13.2 Å². The molecule has 0 radical (unpaired) electrons. The maximum Gasteiger partial charge on any atom is 0.220 e. The molecule has 0 aliphatic carbocycles. The predicted molar refractivity (Wildman–Crippen MR) is 130 cm³/mol. The summed E-state index contributed by atoms with van der Waals surface area (Å²) in [4.78, 5) is 18.7. The number of pyridine rings is 1. The van der Waals surface area contributed by atoms with Crippen molar-refractivity contribution in [3.8, 4) is 0 Å². The van der Waals surface area contributed by atoms with Gasteiger partial charge in [-0.1, -0.05) is 19.9 Å². The van der Waals surface area contributed by atoms with E-state index in [0.717, 1.165) is 29.3 Å². The fourth-order valence-corrected chi connectivity index (χ4v) is 5.47. The molecule has 0 aromatic carbocycles. The molecule has 1 aliphatic heterocycles.